The van der Waals surface area contributed by atoms with Gasteiger partial charge in [0, 0.05) is 0 Å². The monoisotopic (exact) mass is 344 g/mol. The Morgan fingerprint density at radius 3 is 2.78 bits per heavy atom. The van der Waals surface area contributed by atoms with E-state index in [9.17, 15) is 4.57 Å². The van der Waals surface area contributed by atoms with Crippen molar-refractivity contribution in [2.24, 2.45) is 16.5 Å². The van der Waals surface area contributed by atoms with Crippen LogP contribution >= 0.6 is 7.60 Å². The molecule has 2 rings (SSSR count). The Morgan fingerprint density at radius 1 is 1.48 bits per heavy atom. The molecule has 0 bridgehead atoms. The van der Waals surface area contributed by atoms with E-state index in [-0.39, 0.29) is 24.3 Å². The molecule has 2 aromatic heterocycles. The number of ether oxygens (including phenoxy) is 1. The molecule has 1 atom stereocenters. The van der Waals surface area contributed by atoms with Crippen molar-refractivity contribution in [3.05, 3.63) is 6.33 Å². The minimum Gasteiger partial charge on any atom is -0.382 e. The number of hydrogen-bond donors (Lipinski definition) is 5. The fraction of sp³-hybridized carbons (Fsp3) is 0.400. The zero-order valence-electron chi connectivity index (χ0n) is 12.2. The lowest BCUT2D eigenvalue weighted by Gasteiger charge is -2.14. The number of rotatable bonds is 6. The number of hydrogen-bond acceptors (Lipinski definition) is 7. The largest absolute Gasteiger partial charge is 0.382 e. The molecule has 0 aromatic carbocycles. The van der Waals surface area contributed by atoms with Gasteiger partial charge in [0.15, 0.2) is 17.4 Å². The molecular weight excluding hydrogens is 327 g/mol. The summed E-state index contributed by atoms with van der Waals surface area (Å²) in [4.78, 5) is 33.5. The average molecular weight is 344 g/mol. The minimum absolute atomic E-state index is 0.0134. The van der Waals surface area contributed by atoms with Crippen LogP contribution in [0.25, 0.3) is 11.2 Å². The van der Waals surface area contributed by atoms with Gasteiger partial charge in [-0.1, -0.05) is 0 Å². The van der Waals surface area contributed by atoms with E-state index in [4.69, 9.17) is 31.7 Å². The highest BCUT2D eigenvalue weighted by Crippen LogP contribution is 2.34. The number of imidazole rings is 1. The molecule has 0 amide bonds. The summed E-state index contributed by atoms with van der Waals surface area (Å²) in [5, 5.41) is 0. The van der Waals surface area contributed by atoms with Crippen molar-refractivity contribution >= 4 is 36.5 Å². The predicted molar refractivity (Wildman–Crippen MR) is 82.7 cm³/mol. The first-order valence-electron chi connectivity index (χ1n) is 6.40. The standard InChI is InChI=1S/C10H17N8O4P/c1-5(22-4-23(19,20)21)2-18-3-14-6-7(11)15-10(16-8(6)18)17-9(12)13/h3,5H,2,4H2,1H3,(H2,19,20,21)(H6,11,12,13,15,16,17)/t5-/m0/s1. The molecule has 12 nitrogen and oxygen atoms in total. The van der Waals surface area contributed by atoms with Crippen molar-refractivity contribution in [1.29, 1.82) is 0 Å². The molecule has 8 N–H and O–H groups in total. The van der Waals surface area contributed by atoms with Gasteiger partial charge in [-0.05, 0) is 6.92 Å². The van der Waals surface area contributed by atoms with Gasteiger partial charge in [0.2, 0.25) is 0 Å². The summed E-state index contributed by atoms with van der Waals surface area (Å²) in [5.74, 6) is -0.119. The highest BCUT2D eigenvalue weighted by molar-refractivity contribution is 7.51. The Morgan fingerprint density at radius 2 is 2.17 bits per heavy atom. The molecule has 13 heteroatoms. The summed E-state index contributed by atoms with van der Waals surface area (Å²) in [7, 11) is -4.23. The summed E-state index contributed by atoms with van der Waals surface area (Å²) in [5.41, 5.74) is 17.1. The van der Waals surface area contributed by atoms with E-state index in [1.54, 1.807) is 11.5 Å². The van der Waals surface area contributed by atoms with Crippen LogP contribution in [-0.2, 0) is 15.8 Å². The van der Waals surface area contributed by atoms with E-state index in [2.05, 4.69) is 19.9 Å². The van der Waals surface area contributed by atoms with E-state index in [0.29, 0.717) is 11.2 Å². The maximum atomic E-state index is 10.8. The highest BCUT2D eigenvalue weighted by Gasteiger charge is 2.17. The van der Waals surface area contributed by atoms with Gasteiger partial charge in [-0.25, -0.2) is 4.98 Å². The number of guanidine groups is 1. The molecule has 0 saturated carbocycles. The van der Waals surface area contributed by atoms with E-state index in [1.165, 1.54) is 6.33 Å². The Kier molecular flexibility index (Phi) is 4.80. The molecular formula is C10H17N8O4P. The van der Waals surface area contributed by atoms with Crippen LogP contribution < -0.4 is 17.2 Å². The van der Waals surface area contributed by atoms with Gasteiger partial charge in [-0.15, -0.1) is 0 Å². The smallest absolute Gasteiger partial charge is 0.350 e. The Balaban J connectivity index is 2.26. The van der Waals surface area contributed by atoms with Crippen LogP contribution in [0.5, 0.6) is 0 Å². The number of fused-ring (bicyclic) bond motifs is 1. The third kappa shape index (κ3) is 4.60. The van der Waals surface area contributed by atoms with Crippen molar-refractivity contribution in [2.75, 3.05) is 12.1 Å². The fourth-order valence-corrected chi connectivity index (χ4v) is 2.26. The molecule has 0 aliphatic carbocycles. The normalized spacial score (nSPS) is 13.2. The van der Waals surface area contributed by atoms with Crippen molar-refractivity contribution in [3.63, 3.8) is 0 Å². The maximum absolute atomic E-state index is 10.8. The van der Waals surface area contributed by atoms with Gasteiger partial charge >= 0.3 is 7.60 Å². The fourth-order valence-electron chi connectivity index (χ4n) is 1.81. The van der Waals surface area contributed by atoms with Gasteiger partial charge < -0.3 is 36.3 Å². The lowest BCUT2D eigenvalue weighted by molar-refractivity contribution is 0.0764. The first-order valence-corrected chi connectivity index (χ1v) is 8.19. The van der Waals surface area contributed by atoms with E-state index >= 15 is 0 Å². The predicted octanol–water partition coefficient (Wildman–Crippen LogP) is -1.15. The molecule has 0 aliphatic heterocycles. The molecule has 0 spiro atoms. The third-order valence-corrected chi connectivity index (χ3v) is 3.17. The van der Waals surface area contributed by atoms with Gasteiger partial charge in [-0.3, -0.25) is 4.57 Å². The molecule has 126 valence electrons. The summed E-state index contributed by atoms with van der Waals surface area (Å²) < 4.78 is 17.5. The van der Waals surface area contributed by atoms with Crippen LogP contribution in [0.4, 0.5) is 11.8 Å². The lowest BCUT2D eigenvalue weighted by Crippen LogP contribution is -2.22. The van der Waals surface area contributed by atoms with Crippen LogP contribution in [0.15, 0.2) is 11.3 Å². The number of aromatic nitrogens is 4. The number of aliphatic imine (C=N–C) groups is 1. The van der Waals surface area contributed by atoms with Gasteiger partial charge in [0.1, 0.15) is 11.9 Å². The minimum atomic E-state index is -4.23. The number of anilines is 1. The van der Waals surface area contributed by atoms with Crippen LogP contribution in [0, 0.1) is 0 Å². The van der Waals surface area contributed by atoms with E-state index in [1.807, 2.05) is 0 Å². The molecule has 0 fully saturated rings. The SMILES string of the molecule is C[C@@H](Cn1cnc2c(N)nc(N=C(N)N)nc21)OCP(=O)(O)O. The molecule has 0 aliphatic rings. The Labute approximate surface area is 130 Å². The first-order chi connectivity index (χ1) is 10.7. The summed E-state index contributed by atoms with van der Waals surface area (Å²) in [6.07, 6.45) is 0.298. The second kappa shape index (κ2) is 6.46. The number of nitrogens with two attached hydrogens (primary N) is 3. The first kappa shape index (κ1) is 17.1. The summed E-state index contributed by atoms with van der Waals surface area (Å²) >= 11 is 0. The van der Waals surface area contributed by atoms with Crippen molar-refractivity contribution < 1.29 is 19.1 Å². The molecule has 23 heavy (non-hydrogen) atoms. The molecule has 2 heterocycles. The molecule has 0 saturated heterocycles. The van der Waals surface area contributed by atoms with E-state index < -0.39 is 20.0 Å². The van der Waals surface area contributed by atoms with Gasteiger partial charge in [0.25, 0.3) is 5.95 Å². The van der Waals surface area contributed by atoms with Gasteiger partial charge in [0.05, 0.1) is 19.0 Å². The quantitative estimate of drug-likeness (QED) is 0.242. The van der Waals surface area contributed by atoms with Crippen molar-refractivity contribution in [3.8, 4) is 0 Å². The summed E-state index contributed by atoms with van der Waals surface area (Å²) in [6, 6.07) is 0. The summed E-state index contributed by atoms with van der Waals surface area (Å²) in [6.45, 7) is 1.90. The van der Waals surface area contributed by atoms with Crippen LogP contribution in [0.1, 0.15) is 6.92 Å². The zero-order chi connectivity index (χ0) is 17.2. The van der Waals surface area contributed by atoms with Crippen LogP contribution in [0.3, 0.4) is 0 Å². The Bertz CT molecular complexity index is 781. The Hall–Kier alpha value is -2.27. The molecule has 2 aromatic rings. The molecule has 0 radical (unpaired) electrons. The maximum Gasteiger partial charge on any atom is 0.350 e. The number of nitrogen functional groups attached to an aromatic ring is 1. The third-order valence-electron chi connectivity index (χ3n) is 2.69. The van der Waals surface area contributed by atoms with E-state index in [0.717, 1.165) is 0 Å². The van der Waals surface area contributed by atoms with Crippen molar-refractivity contribution in [1.82, 2.24) is 19.5 Å². The van der Waals surface area contributed by atoms with Crippen LogP contribution in [-0.4, -0.2) is 47.7 Å². The zero-order valence-corrected chi connectivity index (χ0v) is 13.1. The highest BCUT2D eigenvalue weighted by atomic mass is 31.2. The molecule has 0 unspecified atom stereocenters. The topological polar surface area (TPSA) is 201 Å². The number of nitrogens with zero attached hydrogens (tertiary/aromatic N) is 5. The van der Waals surface area contributed by atoms with Crippen LogP contribution in [0.2, 0.25) is 0 Å². The van der Waals surface area contributed by atoms with Crippen molar-refractivity contribution in [2.45, 2.75) is 19.6 Å². The second-order valence-electron chi connectivity index (χ2n) is 4.79. The average Bonchev–Trinajstić information content (AvgIpc) is 2.79. The second-order valence-corrected chi connectivity index (χ2v) is 6.37. The lowest BCUT2D eigenvalue weighted by atomic mass is 10.4. The van der Waals surface area contributed by atoms with Gasteiger partial charge in [-0.2, -0.15) is 15.0 Å².